The summed E-state index contributed by atoms with van der Waals surface area (Å²) in [6.07, 6.45) is 1.79. The van der Waals surface area contributed by atoms with Crippen LogP contribution in [0.4, 0.5) is 5.69 Å². The van der Waals surface area contributed by atoms with Crippen LogP contribution in [0.5, 0.6) is 5.75 Å². The van der Waals surface area contributed by atoms with Gasteiger partial charge in [-0.05, 0) is 50.2 Å². The van der Waals surface area contributed by atoms with E-state index in [1.807, 2.05) is 48.7 Å². The lowest BCUT2D eigenvalue weighted by Gasteiger charge is -2.11. The summed E-state index contributed by atoms with van der Waals surface area (Å²) < 4.78 is 7.20. The van der Waals surface area contributed by atoms with E-state index in [2.05, 4.69) is 4.99 Å². The Morgan fingerprint density at radius 3 is 2.67 bits per heavy atom. The Kier molecular flexibility index (Phi) is 5.33. The average Bonchev–Trinajstić information content (AvgIpc) is 2.94. The van der Waals surface area contributed by atoms with Crippen molar-refractivity contribution in [2.45, 2.75) is 13.8 Å². The molecule has 0 saturated carbocycles. The maximum atomic E-state index is 11.4. The van der Waals surface area contributed by atoms with Crippen LogP contribution in [0, 0.1) is 13.8 Å². The minimum Gasteiger partial charge on any atom is -0.497 e. The van der Waals surface area contributed by atoms with E-state index in [1.54, 1.807) is 31.5 Å². The van der Waals surface area contributed by atoms with Crippen molar-refractivity contribution >= 4 is 29.5 Å². The van der Waals surface area contributed by atoms with Crippen LogP contribution in [0.15, 0.2) is 53.5 Å². The molecule has 0 fully saturated rings. The van der Waals surface area contributed by atoms with E-state index < -0.39 is 5.97 Å². The van der Waals surface area contributed by atoms with E-state index in [0.717, 1.165) is 34.1 Å². The molecule has 1 N–H and O–H groups in total. The molecule has 1 heterocycles. The van der Waals surface area contributed by atoms with Crippen LogP contribution in [0.3, 0.4) is 0 Å². The summed E-state index contributed by atoms with van der Waals surface area (Å²) in [6, 6.07) is 14.5. The highest BCUT2D eigenvalue weighted by molar-refractivity contribution is 6.33. The maximum Gasteiger partial charge on any atom is 0.337 e. The average molecular weight is 383 g/mol. The van der Waals surface area contributed by atoms with Gasteiger partial charge in [-0.1, -0.05) is 17.7 Å². The molecular formula is C21H19ClN2O3. The maximum absolute atomic E-state index is 11.4. The van der Waals surface area contributed by atoms with Crippen LogP contribution < -0.4 is 4.74 Å². The molecule has 138 valence electrons. The first kappa shape index (κ1) is 18.7. The highest BCUT2D eigenvalue weighted by Gasteiger charge is 2.14. The first-order valence-corrected chi connectivity index (χ1v) is 8.69. The van der Waals surface area contributed by atoms with Crippen molar-refractivity contribution in [1.82, 2.24) is 4.57 Å². The fourth-order valence-electron chi connectivity index (χ4n) is 2.97. The molecular weight excluding hydrogens is 364 g/mol. The first-order chi connectivity index (χ1) is 12.9. The Hall–Kier alpha value is -3.05. The van der Waals surface area contributed by atoms with Crippen molar-refractivity contribution < 1.29 is 14.6 Å². The zero-order chi connectivity index (χ0) is 19.6. The Labute approximate surface area is 162 Å². The summed E-state index contributed by atoms with van der Waals surface area (Å²) >= 11 is 5.98. The number of halogens is 1. The number of carboxylic acids is 1. The number of aliphatic imine (C=N–C) groups is 1. The van der Waals surface area contributed by atoms with Gasteiger partial charge in [0.15, 0.2) is 0 Å². The normalized spacial score (nSPS) is 11.1. The van der Waals surface area contributed by atoms with E-state index in [1.165, 1.54) is 0 Å². The van der Waals surface area contributed by atoms with E-state index in [0.29, 0.717) is 0 Å². The summed E-state index contributed by atoms with van der Waals surface area (Å²) in [7, 11) is 1.62. The van der Waals surface area contributed by atoms with E-state index in [-0.39, 0.29) is 10.6 Å². The number of methoxy groups -OCH3 is 1. The largest absolute Gasteiger partial charge is 0.497 e. The lowest BCUT2D eigenvalue weighted by Crippen LogP contribution is -2.03. The van der Waals surface area contributed by atoms with Gasteiger partial charge in [0.25, 0.3) is 0 Å². The number of benzene rings is 2. The number of aryl methyl sites for hydroxylation is 1. The topological polar surface area (TPSA) is 63.8 Å². The number of carbonyl (C=O) groups is 1. The van der Waals surface area contributed by atoms with Gasteiger partial charge < -0.3 is 14.4 Å². The number of rotatable bonds is 5. The number of hydrogen-bond donors (Lipinski definition) is 1. The number of aromatic nitrogens is 1. The van der Waals surface area contributed by atoms with Gasteiger partial charge in [0, 0.05) is 34.9 Å². The van der Waals surface area contributed by atoms with Gasteiger partial charge in [0.2, 0.25) is 0 Å². The van der Waals surface area contributed by atoms with E-state index in [4.69, 9.17) is 16.3 Å². The molecule has 0 spiro atoms. The number of nitrogens with zero attached hydrogens (tertiary/aromatic N) is 2. The minimum absolute atomic E-state index is 0.0771. The molecule has 0 saturated heterocycles. The van der Waals surface area contributed by atoms with E-state index in [9.17, 15) is 9.90 Å². The zero-order valence-corrected chi connectivity index (χ0v) is 16.0. The number of carboxylic acid groups (broad SMARTS) is 1. The monoisotopic (exact) mass is 382 g/mol. The Morgan fingerprint density at radius 1 is 1.19 bits per heavy atom. The van der Waals surface area contributed by atoms with Crippen LogP contribution in [0.1, 0.15) is 27.3 Å². The fourth-order valence-corrected chi connectivity index (χ4v) is 3.17. The Bertz CT molecular complexity index is 1040. The molecule has 0 bridgehead atoms. The van der Waals surface area contributed by atoms with Crippen LogP contribution in [-0.2, 0) is 0 Å². The van der Waals surface area contributed by atoms with E-state index >= 15 is 0 Å². The highest BCUT2D eigenvalue weighted by atomic mass is 35.5. The molecule has 0 unspecified atom stereocenters. The summed E-state index contributed by atoms with van der Waals surface area (Å²) in [5, 5.41) is 9.52. The highest BCUT2D eigenvalue weighted by Crippen LogP contribution is 2.25. The van der Waals surface area contributed by atoms with Gasteiger partial charge in [0.05, 0.1) is 23.4 Å². The van der Waals surface area contributed by atoms with Crippen molar-refractivity contribution in [2.75, 3.05) is 7.11 Å². The number of ether oxygens (including phenoxy) is 1. The molecule has 0 radical (unpaired) electrons. The van der Waals surface area contributed by atoms with Crippen molar-refractivity contribution in [1.29, 1.82) is 0 Å². The second kappa shape index (κ2) is 7.68. The molecule has 3 rings (SSSR count). The predicted molar refractivity (Wildman–Crippen MR) is 107 cm³/mol. The predicted octanol–water partition coefficient (Wildman–Crippen LogP) is 5.20. The lowest BCUT2D eigenvalue weighted by atomic mass is 10.2. The summed E-state index contributed by atoms with van der Waals surface area (Å²) in [6.45, 7) is 3.93. The van der Waals surface area contributed by atoms with Crippen LogP contribution in [-0.4, -0.2) is 29.0 Å². The number of hydrogen-bond acceptors (Lipinski definition) is 3. The van der Waals surface area contributed by atoms with Crippen molar-refractivity contribution in [3.63, 3.8) is 0 Å². The van der Waals surface area contributed by atoms with Crippen LogP contribution in [0.2, 0.25) is 5.02 Å². The third-order valence-electron chi connectivity index (χ3n) is 4.31. The first-order valence-electron chi connectivity index (χ1n) is 8.31. The smallest absolute Gasteiger partial charge is 0.337 e. The fraction of sp³-hybridized carbons (Fsp3) is 0.143. The van der Waals surface area contributed by atoms with Gasteiger partial charge >= 0.3 is 5.97 Å². The Morgan fingerprint density at radius 2 is 1.96 bits per heavy atom. The second-order valence-corrected chi connectivity index (χ2v) is 6.50. The number of aromatic carboxylic acids is 1. The molecule has 0 aliphatic rings. The summed E-state index contributed by atoms with van der Waals surface area (Å²) in [4.78, 5) is 15.9. The van der Waals surface area contributed by atoms with Gasteiger partial charge in [0.1, 0.15) is 5.75 Å². The molecule has 2 aromatic carbocycles. The molecule has 6 heteroatoms. The van der Waals surface area contributed by atoms with Crippen LogP contribution >= 0.6 is 11.6 Å². The lowest BCUT2D eigenvalue weighted by molar-refractivity contribution is 0.0697. The molecule has 1 aromatic heterocycles. The summed E-state index contributed by atoms with van der Waals surface area (Å²) in [5.74, 6) is -0.304. The molecule has 3 aromatic rings. The van der Waals surface area contributed by atoms with Crippen LogP contribution in [0.25, 0.3) is 5.69 Å². The van der Waals surface area contributed by atoms with Gasteiger partial charge in [-0.2, -0.15) is 0 Å². The molecule has 0 atom stereocenters. The molecule has 5 nitrogen and oxygen atoms in total. The van der Waals surface area contributed by atoms with Gasteiger partial charge in [-0.25, -0.2) is 4.79 Å². The minimum atomic E-state index is -1.05. The standard InChI is InChI=1S/C21H19ClN2O3/c1-13-9-15(12-23-16-5-4-6-18(10-16)27-3)14(2)24(13)17-7-8-20(22)19(11-17)21(25)26/h4-12H,1-3H3,(H,25,26). The van der Waals surface area contributed by atoms with Gasteiger partial charge in [-0.3, -0.25) is 4.99 Å². The van der Waals surface area contributed by atoms with Gasteiger partial charge in [-0.15, -0.1) is 0 Å². The third kappa shape index (κ3) is 3.88. The SMILES string of the molecule is COc1cccc(N=Cc2cc(C)n(-c3ccc(Cl)c(C(=O)O)c3)c2C)c1. The quantitative estimate of drug-likeness (QED) is 0.616. The molecule has 27 heavy (non-hydrogen) atoms. The molecule has 0 amide bonds. The third-order valence-corrected chi connectivity index (χ3v) is 4.64. The molecule has 0 aliphatic heterocycles. The van der Waals surface area contributed by atoms with Crippen molar-refractivity contribution in [3.8, 4) is 11.4 Å². The Balaban J connectivity index is 1.99. The second-order valence-electron chi connectivity index (χ2n) is 6.09. The summed E-state index contributed by atoms with van der Waals surface area (Å²) in [5.41, 5.74) is 4.48. The zero-order valence-electron chi connectivity index (χ0n) is 15.2. The molecule has 0 aliphatic carbocycles. The van der Waals surface area contributed by atoms with Crippen molar-refractivity contribution in [2.24, 2.45) is 4.99 Å². The van der Waals surface area contributed by atoms with Crippen molar-refractivity contribution in [3.05, 3.63) is 76.1 Å².